The molecule has 0 radical (unpaired) electrons. The van der Waals surface area contributed by atoms with Gasteiger partial charge in [-0.3, -0.25) is 0 Å². The second kappa shape index (κ2) is 5.78. The van der Waals surface area contributed by atoms with Crippen molar-refractivity contribution in [3.8, 4) is 0 Å². The van der Waals surface area contributed by atoms with E-state index in [9.17, 15) is 9.50 Å². The van der Waals surface area contributed by atoms with Crippen LogP contribution in [0.4, 0.5) is 4.39 Å². The summed E-state index contributed by atoms with van der Waals surface area (Å²) >= 11 is 3.15. The van der Waals surface area contributed by atoms with Crippen LogP contribution in [0.2, 0.25) is 0 Å². The SMILES string of the molecule is OC(C1=CCCCCC1)c1cccc(Br)c1F. The number of aliphatic hydroxyl groups excluding tert-OH is 1. The van der Waals surface area contributed by atoms with E-state index >= 15 is 0 Å². The van der Waals surface area contributed by atoms with E-state index in [0.29, 0.717) is 10.0 Å². The van der Waals surface area contributed by atoms with Gasteiger partial charge in [0, 0.05) is 5.56 Å². The van der Waals surface area contributed by atoms with E-state index in [4.69, 9.17) is 0 Å². The first-order valence-corrected chi connectivity index (χ1v) is 6.80. The van der Waals surface area contributed by atoms with Crippen molar-refractivity contribution < 1.29 is 9.50 Å². The van der Waals surface area contributed by atoms with E-state index in [1.165, 1.54) is 6.42 Å². The topological polar surface area (TPSA) is 20.2 Å². The Balaban J connectivity index is 2.26. The van der Waals surface area contributed by atoms with Crippen molar-refractivity contribution in [3.63, 3.8) is 0 Å². The molecule has 1 aromatic rings. The molecule has 0 heterocycles. The summed E-state index contributed by atoms with van der Waals surface area (Å²) in [7, 11) is 0. The maximum atomic E-state index is 13.9. The lowest BCUT2D eigenvalue weighted by molar-refractivity contribution is 0.205. The molecule has 0 aliphatic heterocycles. The predicted octanol–water partition coefficient (Wildman–Crippen LogP) is 4.51. The highest BCUT2D eigenvalue weighted by Crippen LogP contribution is 2.32. The predicted molar refractivity (Wildman–Crippen MR) is 70.2 cm³/mol. The molecule has 1 nitrogen and oxygen atoms in total. The van der Waals surface area contributed by atoms with E-state index in [2.05, 4.69) is 22.0 Å². The number of aliphatic hydroxyl groups is 1. The standard InChI is InChI=1S/C14H16BrFO/c15-12-9-5-8-11(13(12)16)14(17)10-6-3-1-2-4-7-10/h5-6,8-9,14,17H,1-4,7H2. The first-order chi connectivity index (χ1) is 8.20. The van der Waals surface area contributed by atoms with Gasteiger partial charge >= 0.3 is 0 Å². The fourth-order valence-corrected chi connectivity index (χ4v) is 2.60. The highest BCUT2D eigenvalue weighted by Gasteiger charge is 2.19. The van der Waals surface area contributed by atoms with Crippen LogP contribution in [0.1, 0.15) is 43.8 Å². The van der Waals surface area contributed by atoms with Gasteiger partial charge in [0.2, 0.25) is 0 Å². The molecule has 92 valence electrons. The fraction of sp³-hybridized carbons (Fsp3) is 0.429. The molecule has 17 heavy (non-hydrogen) atoms. The van der Waals surface area contributed by atoms with Gasteiger partial charge in [-0.2, -0.15) is 0 Å². The summed E-state index contributed by atoms with van der Waals surface area (Å²) in [5, 5.41) is 10.2. The lowest BCUT2D eigenvalue weighted by Gasteiger charge is -2.16. The first kappa shape index (κ1) is 12.8. The third-order valence-electron chi connectivity index (χ3n) is 3.20. The summed E-state index contributed by atoms with van der Waals surface area (Å²) in [6.45, 7) is 0. The Morgan fingerprint density at radius 3 is 2.88 bits per heavy atom. The molecule has 1 aliphatic rings. The first-order valence-electron chi connectivity index (χ1n) is 6.01. The van der Waals surface area contributed by atoms with Crippen LogP contribution in [0.25, 0.3) is 0 Å². The van der Waals surface area contributed by atoms with E-state index in [-0.39, 0.29) is 5.82 Å². The Morgan fingerprint density at radius 1 is 1.24 bits per heavy atom. The molecule has 1 aromatic carbocycles. The third-order valence-corrected chi connectivity index (χ3v) is 3.82. The van der Waals surface area contributed by atoms with E-state index in [0.717, 1.165) is 31.3 Å². The van der Waals surface area contributed by atoms with Crippen LogP contribution in [0.5, 0.6) is 0 Å². The molecule has 3 heteroatoms. The molecule has 0 aromatic heterocycles. The molecular weight excluding hydrogens is 283 g/mol. The van der Waals surface area contributed by atoms with E-state index < -0.39 is 6.10 Å². The van der Waals surface area contributed by atoms with Gasteiger partial charge in [-0.15, -0.1) is 0 Å². The lowest BCUT2D eigenvalue weighted by Crippen LogP contribution is -2.04. The number of hydrogen-bond donors (Lipinski definition) is 1. The molecule has 1 atom stereocenters. The second-order valence-electron chi connectivity index (χ2n) is 4.42. The van der Waals surface area contributed by atoms with Crippen molar-refractivity contribution in [1.29, 1.82) is 0 Å². The number of allylic oxidation sites excluding steroid dienone is 1. The summed E-state index contributed by atoms with van der Waals surface area (Å²) in [5.41, 5.74) is 1.33. The monoisotopic (exact) mass is 298 g/mol. The van der Waals surface area contributed by atoms with Crippen LogP contribution >= 0.6 is 15.9 Å². The van der Waals surface area contributed by atoms with Crippen molar-refractivity contribution in [2.24, 2.45) is 0 Å². The average Bonchev–Trinajstić information content (AvgIpc) is 2.60. The zero-order valence-electron chi connectivity index (χ0n) is 9.63. The fourth-order valence-electron chi connectivity index (χ4n) is 2.22. The Bertz CT molecular complexity index is 428. The summed E-state index contributed by atoms with van der Waals surface area (Å²) in [4.78, 5) is 0. The summed E-state index contributed by atoms with van der Waals surface area (Å²) in [6, 6.07) is 5.05. The average molecular weight is 299 g/mol. The van der Waals surface area contributed by atoms with Crippen molar-refractivity contribution in [3.05, 3.63) is 45.7 Å². The van der Waals surface area contributed by atoms with Crippen LogP contribution in [0, 0.1) is 5.82 Å². The van der Waals surface area contributed by atoms with Crippen LogP contribution in [-0.2, 0) is 0 Å². The van der Waals surface area contributed by atoms with Crippen LogP contribution < -0.4 is 0 Å². The number of rotatable bonds is 2. The Kier molecular flexibility index (Phi) is 4.35. The largest absolute Gasteiger partial charge is 0.384 e. The van der Waals surface area contributed by atoms with Crippen LogP contribution in [0.3, 0.4) is 0 Å². The molecule has 0 saturated carbocycles. The maximum Gasteiger partial charge on any atom is 0.143 e. The number of hydrogen-bond acceptors (Lipinski definition) is 1. The van der Waals surface area contributed by atoms with Gasteiger partial charge in [0.15, 0.2) is 0 Å². The van der Waals surface area contributed by atoms with Crippen molar-refractivity contribution >= 4 is 15.9 Å². The Morgan fingerprint density at radius 2 is 2.06 bits per heavy atom. The summed E-state index contributed by atoms with van der Waals surface area (Å²) in [5.74, 6) is -0.356. The van der Waals surface area contributed by atoms with Gasteiger partial charge in [-0.1, -0.05) is 24.6 Å². The molecule has 0 fully saturated rings. The van der Waals surface area contributed by atoms with E-state index in [1.54, 1.807) is 18.2 Å². The smallest absolute Gasteiger partial charge is 0.143 e. The number of halogens is 2. The van der Waals surface area contributed by atoms with Gasteiger partial charge in [-0.05, 0) is 53.3 Å². The van der Waals surface area contributed by atoms with Gasteiger partial charge < -0.3 is 5.11 Å². The molecule has 0 spiro atoms. The van der Waals surface area contributed by atoms with Crippen molar-refractivity contribution in [1.82, 2.24) is 0 Å². The highest BCUT2D eigenvalue weighted by atomic mass is 79.9. The molecule has 1 unspecified atom stereocenters. The summed E-state index contributed by atoms with van der Waals surface area (Å²) < 4.78 is 14.3. The van der Waals surface area contributed by atoms with E-state index in [1.807, 2.05) is 0 Å². The van der Waals surface area contributed by atoms with Crippen LogP contribution in [0.15, 0.2) is 34.3 Å². The Hall–Kier alpha value is -0.670. The molecule has 0 saturated heterocycles. The zero-order valence-corrected chi connectivity index (χ0v) is 11.2. The quantitative estimate of drug-likeness (QED) is 0.796. The highest BCUT2D eigenvalue weighted by molar-refractivity contribution is 9.10. The second-order valence-corrected chi connectivity index (χ2v) is 5.28. The Labute approximate surface area is 109 Å². The minimum Gasteiger partial charge on any atom is -0.384 e. The molecule has 1 aliphatic carbocycles. The van der Waals surface area contributed by atoms with Crippen molar-refractivity contribution in [2.45, 2.75) is 38.2 Å². The molecular formula is C14H16BrFO. The number of benzene rings is 1. The minimum atomic E-state index is -0.800. The normalized spacial score (nSPS) is 18.4. The van der Waals surface area contributed by atoms with Gasteiger partial charge in [0.25, 0.3) is 0 Å². The molecule has 0 bridgehead atoms. The van der Waals surface area contributed by atoms with Crippen LogP contribution in [-0.4, -0.2) is 5.11 Å². The zero-order chi connectivity index (χ0) is 12.3. The molecule has 1 N–H and O–H groups in total. The maximum absolute atomic E-state index is 13.9. The third kappa shape index (κ3) is 2.96. The van der Waals surface area contributed by atoms with Gasteiger partial charge in [0.05, 0.1) is 4.47 Å². The molecule has 2 rings (SSSR count). The lowest BCUT2D eigenvalue weighted by atomic mass is 9.97. The molecule has 0 amide bonds. The van der Waals surface area contributed by atoms with Gasteiger partial charge in [0.1, 0.15) is 11.9 Å². The minimum absolute atomic E-state index is 0.356. The van der Waals surface area contributed by atoms with Crippen molar-refractivity contribution in [2.75, 3.05) is 0 Å². The van der Waals surface area contributed by atoms with Gasteiger partial charge in [-0.25, -0.2) is 4.39 Å². The summed E-state index contributed by atoms with van der Waals surface area (Å²) in [6.07, 6.45) is 6.56.